The number of benzene rings is 2. The van der Waals surface area contributed by atoms with E-state index in [0.717, 1.165) is 52.3 Å². The van der Waals surface area contributed by atoms with E-state index in [4.69, 9.17) is 17.3 Å². The monoisotopic (exact) mass is 310 g/mol. The lowest BCUT2D eigenvalue weighted by molar-refractivity contribution is 0.708. The zero-order chi connectivity index (χ0) is 15.1. The first-order valence-electron chi connectivity index (χ1n) is 7.24. The summed E-state index contributed by atoms with van der Waals surface area (Å²) < 4.78 is 0. The second kappa shape index (κ2) is 5.14. The average Bonchev–Trinajstić information content (AvgIpc) is 2.54. The molecule has 5 heteroatoms. The molecule has 4 rings (SSSR count). The summed E-state index contributed by atoms with van der Waals surface area (Å²) in [4.78, 5) is 10.8. The zero-order valence-electron chi connectivity index (χ0n) is 12.0. The van der Waals surface area contributed by atoms with Gasteiger partial charge in [0.05, 0.1) is 17.3 Å². The number of halogens is 1. The molecule has 22 heavy (non-hydrogen) atoms. The molecule has 1 aromatic heterocycles. The predicted octanol–water partition coefficient (Wildman–Crippen LogP) is 3.43. The lowest BCUT2D eigenvalue weighted by atomic mass is 10.0. The van der Waals surface area contributed by atoms with E-state index in [2.05, 4.69) is 39.1 Å². The van der Waals surface area contributed by atoms with E-state index >= 15 is 0 Å². The summed E-state index contributed by atoms with van der Waals surface area (Å²) >= 11 is 6.43. The lowest BCUT2D eigenvalue weighted by Crippen LogP contribution is -2.32. The summed E-state index contributed by atoms with van der Waals surface area (Å²) in [6.45, 7) is 1.61. The van der Waals surface area contributed by atoms with Crippen LogP contribution < -0.4 is 10.6 Å². The molecule has 0 radical (unpaired) electrons. The molecule has 0 spiro atoms. The van der Waals surface area contributed by atoms with Gasteiger partial charge in [-0.2, -0.15) is 0 Å². The summed E-state index contributed by atoms with van der Waals surface area (Å²) in [7, 11) is 0. The molecule has 2 heterocycles. The molecule has 0 unspecified atom stereocenters. The van der Waals surface area contributed by atoms with Crippen molar-refractivity contribution in [2.75, 3.05) is 17.2 Å². The Balaban J connectivity index is 1.81. The van der Waals surface area contributed by atoms with Crippen LogP contribution in [0.25, 0.3) is 10.8 Å². The van der Waals surface area contributed by atoms with Gasteiger partial charge in [-0.3, -0.25) is 0 Å². The summed E-state index contributed by atoms with van der Waals surface area (Å²) in [5.41, 5.74) is 9.17. The molecule has 1 aliphatic rings. The molecular formula is C17H15ClN4. The molecule has 3 aromatic rings. The second-order valence-corrected chi connectivity index (χ2v) is 5.88. The van der Waals surface area contributed by atoms with Gasteiger partial charge in [0.15, 0.2) is 0 Å². The van der Waals surface area contributed by atoms with Crippen LogP contribution in [0.2, 0.25) is 5.02 Å². The van der Waals surface area contributed by atoms with Gasteiger partial charge in [-0.15, -0.1) is 0 Å². The molecule has 0 bridgehead atoms. The van der Waals surface area contributed by atoms with Crippen LogP contribution in [0.3, 0.4) is 0 Å². The fourth-order valence-electron chi connectivity index (χ4n) is 3.12. The Morgan fingerprint density at radius 3 is 2.77 bits per heavy atom. The van der Waals surface area contributed by atoms with Crippen LogP contribution in [-0.4, -0.2) is 16.5 Å². The van der Waals surface area contributed by atoms with Crippen LogP contribution in [-0.2, 0) is 13.0 Å². The maximum Gasteiger partial charge on any atom is 0.130 e. The van der Waals surface area contributed by atoms with Crippen LogP contribution in [0.15, 0.2) is 42.7 Å². The van der Waals surface area contributed by atoms with Gasteiger partial charge in [-0.1, -0.05) is 35.9 Å². The number of fused-ring (bicyclic) bond motifs is 2. The van der Waals surface area contributed by atoms with E-state index < -0.39 is 0 Å². The number of nitrogens with two attached hydrogens (primary N) is 1. The van der Waals surface area contributed by atoms with Crippen LogP contribution in [0.4, 0.5) is 11.5 Å². The molecule has 2 aromatic carbocycles. The normalized spacial score (nSPS) is 14.1. The standard InChI is InChI=1S/C17H15ClN4/c18-13-5-1-3-11-4-2-6-15(16(11)13)22-8-7-12-14(9-22)20-10-21-17(12)19/h1-6,10H,7-9H2,(H2,19,20,21). The smallest absolute Gasteiger partial charge is 0.130 e. The van der Waals surface area contributed by atoms with Crippen molar-refractivity contribution >= 4 is 33.9 Å². The first kappa shape index (κ1) is 13.3. The summed E-state index contributed by atoms with van der Waals surface area (Å²) in [5, 5.41) is 3.02. The Hall–Kier alpha value is -2.33. The average molecular weight is 311 g/mol. The molecule has 0 amide bonds. The summed E-state index contributed by atoms with van der Waals surface area (Å²) in [5.74, 6) is 0.598. The molecule has 0 aliphatic carbocycles. The maximum atomic E-state index is 6.43. The number of aromatic nitrogens is 2. The third-order valence-corrected chi connectivity index (χ3v) is 4.53. The Kier molecular flexibility index (Phi) is 3.12. The van der Waals surface area contributed by atoms with Gasteiger partial charge in [-0.25, -0.2) is 9.97 Å². The van der Waals surface area contributed by atoms with Crippen molar-refractivity contribution < 1.29 is 0 Å². The highest BCUT2D eigenvalue weighted by Crippen LogP contribution is 2.35. The Morgan fingerprint density at radius 1 is 1.09 bits per heavy atom. The Bertz CT molecular complexity index is 857. The Morgan fingerprint density at radius 2 is 1.91 bits per heavy atom. The van der Waals surface area contributed by atoms with Crippen LogP contribution in [0.5, 0.6) is 0 Å². The highest BCUT2D eigenvalue weighted by molar-refractivity contribution is 6.36. The number of hydrogen-bond donors (Lipinski definition) is 1. The molecule has 110 valence electrons. The van der Waals surface area contributed by atoms with Gasteiger partial charge in [0.1, 0.15) is 12.1 Å². The number of nitrogens with zero attached hydrogens (tertiary/aromatic N) is 3. The van der Waals surface area contributed by atoms with Crippen molar-refractivity contribution in [3.8, 4) is 0 Å². The third kappa shape index (κ3) is 2.07. The predicted molar refractivity (Wildman–Crippen MR) is 90.2 cm³/mol. The van der Waals surface area contributed by atoms with Gasteiger partial charge in [-0.05, 0) is 23.9 Å². The lowest BCUT2D eigenvalue weighted by Gasteiger charge is -2.31. The number of hydrogen-bond acceptors (Lipinski definition) is 4. The van der Waals surface area contributed by atoms with Crippen molar-refractivity contribution in [1.82, 2.24) is 9.97 Å². The second-order valence-electron chi connectivity index (χ2n) is 5.47. The highest BCUT2D eigenvalue weighted by atomic mass is 35.5. The van der Waals surface area contributed by atoms with Gasteiger partial charge in [0.25, 0.3) is 0 Å². The Labute approximate surface area is 133 Å². The molecule has 0 atom stereocenters. The fourth-order valence-corrected chi connectivity index (χ4v) is 3.40. The highest BCUT2D eigenvalue weighted by Gasteiger charge is 2.21. The van der Waals surface area contributed by atoms with E-state index in [1.165, 1.54) is 6.33 Å². The molecule has 1 aliphatic heterocycles. The van der Waals surface area contributed by atoms with E-state index in [-0.39, 0.29) is 0 Å². The van der Waals surface area contributed by atoms with Gasteiger partial charge in [0, 0.05) is 23.2 Å². The van der Waals surface area contributed by atoms with Gasteiger partial charge in [0.2, 0.25) is 0 Å². The minimum absolute atomic E-state index is 0.598. The SMILES string of the molecule is Nc1ncnc2c1CCN(c1cccc3cccc(Cl)c13)C2. The first-order chi connectivity index (χ1) is 10.7. The molecule has 2 N–H and O–H groups in total. The van der Waals surface area contributed by atoms with Crippen molar-refractivity contribution in [3.63, 3.8) is 0 Å². The van der Waals surface area contributed by atoms with E-state index in [9.17, 15) is 0 Å². The minimum Gasteiger partial charge on any atom is -0.383 e. The van der Waals surface area contributed by atoms with Gasteiger partial charge < -0.3 is 10.6 Å². The minimum atomic E-state index is 0.598. The van der Waals surface area contributed by atoms with Crippen LogP contribution in [0.1, 0.15) is 11.3 Å². The number of nitrogen functional groups attached to an aromatic ring is 1. The van der Waals surface area contributed by atoms with E-state index in [1.807, 2.05) is 12.1 Å². The number of anilines is 2. The summed E-state index contributed by atoms with van der Waals surface area (Å²) in [6, 6.07) is 12.3. The zero-order valence-corrected chi connectivity index (χ0v) is 12.7. The first-order valence-corrected chi connectivity index (χ1v) is 7.62. The third-order valence-electron chi connectivity index (χ3n) is 4.21. The molecule has 0 saturated heterocycles. The molecular weight excluding hydrogens is 296 g/mol. The van der Waals surface area contributed by atoms with Crippen molar-refractivity contribution in [2.24, 2.45) is 0 Å². The van der Waals surface area contributed by atoms with Crippen molar-refractivity contribution in [2.45, 2.75) is 13.0 Å². The molecule has 0 fully saturated rings. The molecule has 4 nitrogen and oxygen atoms in total. The largest absolute Gasteiger partial charge is 0.383 e. The van der Waals surface area contributed by atoms with Crippen molar-refractivity contribution in [3.05, 3.63) is 59.0 Å². The van der Waals surface area contributed by atoms with Gasteiger partial charge >= 0.3 is 0 Å². The van der Waals surface area contributed by atoms with Crippen LogP contribution in [0, 0.1) is 0 Å². The van der Waals surface area contributed by atoms with Crippen molar-refractivity contribution in [1.29, 1.82) is 0 Å². The maximum absolute atomic E-state index is 6.43. The molecule has 0 saturated carbocycles. The summed E-state index contributed by atoms with van der Waals surface area (Å²) in [6.07, 6.45) is 2.39. The van der Waals surface area contributed by atoms with E-state index in [0.29, 0.717) is 5.82 Å². The quantitative estimate of drug-likeness (QED) is 0.748. The number of rotatable bonds is 1. The van der Waals surface area contributed by atoms with Crippen LogP contribution >= 0.6 is 11.6 Å². The topological polar surface area (TPSA) is 55.0 Å². The fraction of sp³-hybridized carbons (Fsp3) is 0.176. The van der Waals surface area contributed by atoms with E-state index in [1.54, 1.807) is 0 Å².